The topological polar surface area (TPSA) is 95.3 Å². The summed E-state index contributed by atoms with van der Waals surface area (Å²) in [6.45, 7) is 0.741. The Labute approximate surface area is 153 Å². The summed E-state index contributed by atoms with van der Waals surface area (Å²) in [4.78, 5) is 34.1. The van der Waals surface area contributed by atoms with E-state index in [0.29, 0.717) is 18.5 Å². The minimum Gasteiger partial charge on any atom is -0.480 e. The Bertz CT molecular complexity index is 732. The van der Waals surface area contributed by atoms with E-state index in [-0.39, 0.29) is 19.1 Å². The fourth-order valence-corrected chi connectivity index (χ4v) is 4.37. The Kier molecular flexibility index (Phi) is 5.40. The number of carboxylic acids is 1. The third kappa shape index (κ3) is 3.55. The van der Waals surface area contributed by atoms with Crippen LogP contribution in [0.4, 0.5) is 0 Å². The molecule has 2 aliphatic heterocycles. The Morgan fingerprint density at radius 2 is 2.36 bits per heavy atom. The van der Waals surface area contributed by atoms with Crippen LogP contribution < -0.4 is 0 Å². The Morgan fingerprint density at radius 3 is 2.96 bits per heavy atom. The first-order valence-electron chi connectivity index (χ1n) is 7.59. The van der Waals surface area contributed by atoms with Gasteiger partial charge in [-0.05, 0) is 6.26 Å². The summed E-state index contributed by atoms with van der Waals surface area (Å²) in [5, 5.41) is 11.8. The van der Waals surface area contributed by atoms with Gasteiger partial charge in [0.1, 0.15) is 6.54 Å². The summed E-state index contributed by atoms with van der Waals surface area (Å²) in [5.74, 6) is -0.539. The van der Waals surface area contributed by atoms with Gasteiger partial charge in [-0.1, -0.05) is 11.9 Å². The normalized spacial score (nSPS) is 19.9. The quantitative estimate of drug-likeness (QED) is 0.577. The van der Waals surface area contributed by atoms with Gasteiger partial charge in [0.05, 0.1) is 19.2 Å². The number of fused-ring (bicyclic) bond motifs is 1. The fourth-order valence-electron chi connectivity index (χ4n) is 3.04. The first-order chi connectivity index (χ1) is 12.0. The highest BCUT2D eigenvalue weighted by atomic mass is 32.2. The monoisotopic (exact) mass is 382 g/mol. The number of rotatable bonds is 6. The summed E-state index contributed by atoms with van der Waals surface area (Å²) in [6.07, 6.45) is 4.14. The highest BCUT2D eigenvalue weighted by Crippen LogP contribution is 2.35. The smallest absolute Gasteiger partial charge is 0.337 e. The van der Waals surface area contributed by atoms with Crippen LogP contribution in [-0.4, -0.2) is 76.1 Å². The summed E-state index contributed by atoms with van der Waals surface area (Å²) < 4.78 is 6.71. The van der Waals surface area contributed by atoms with Crippen LogP contribution in [0, 0.1) is 0 Å². The zero-order chi connectivity index (χ0) is 18.0. The zero-order valence-electron chi connectivity index (χ0n) is 13.8. The van der Waals surface area contributed by atoms with E-state index in [4.69, 9.17) is 9.84 Å². The lowest BCUT2D eigenvalue weighted by Crippen LogP contribution is -2.38. The van der Waals surface area contributed by atoms with Crippen LogP contribution in [0.5, 0.6) is 0 Å². The van der Waals surface area contributed by atoms with Crippen molar-refractivity contribution in [3.63, 3.8) is 0 Å². The van der Waals surface area contributed by atoms with E-state index < -0.39 is 11.9 Å². The zero-order valence-corrected chi connectivity index (χ0v) is 15.5. The van der Waals surface area contributed by atoms with Crippen molar-refractivity contribution in [2.45, 2.75) is 12.5 Å². The number of esters is 1. The van der Waals surface area contributed by atoms with E-state index in [2.05, 4.69) is 9.98 Å². The van der Waals surface area contributed by atoms with Crippen LogP contribution in [0.25, 0.3) is 0 Å². The molecule has 1 saturated heterocycles. The van der Waals surface area contributed by atoms with Gasteiger partial charge in [0, 0.05) is 36.3 Å². The van der Waals surface area contributed by atoms with Crippen molar-refractivity contribution < 1.29 is 19.4 Å². The predicted octanol–water partition coefficient (Wildman–Crippen LogP) is 1.07. The molecule has 0 saturated carbocycles. The number of thiazole rings is 1. The Hall–Kier alpha value is -1.91. The minimum absolute atomic E-state index is 0.0379. The maximum atomic E-state index is 12.1. The van der Waals surface area contributed by atoms with E-state index in [1.165, 1.54) is 30.4 Å². The van der Waals surface area contributed by atoms with E-state index in [0.717, 1.165) is 16.5 Å². The van der Waals surface area contributed by atoms with Gasteiger partial charge in [0.2, 0.25) is 0 Å². The molecule has 1 unspecified atom stereocenters. The first-order valence-corrected chi connectivity index (χ1v) is 9.66. The molecule has 2 aliphatic rings. The molecule has 3 rings (SSSR count). The largest absolute Gasteiger partial charge is 0.480 e. The number of ether oxygens (including phenoxy) is 1. The average Bonchev–Trinajstić information content (AvgIpc) is 3.27. The maximum Gasteiger partial charge on any atom is 0.337 e. The molecule has 1 N–H and O–H groups in total. The van der Waals surface area contributed by atoms with E-state index in [1.54, 1.807) is 6.20 Å². The standard InChI is InChI=1S/C15H18N4O4S2/c1-23-15(22)10-6-17-13(14-16-3-4-25-14)18-7-9(5-11(10)18)19(24-2)8-12(20)21/h3-4,9H,5-8H2,1-2H3,(H,20,21). The van der Waals surface area contributed by atoms with Crippen LogP contribution in [0.1, 0.15) is 11.4 Å². The van der Waals surface area contributed by atoms with Crippen molar-refractivity contribution >= 4 is 41.1 Å². The molecule has 1 aromatic rings. The van der Waals surface area contributed by atoms with Gasteiger partial charge in [-0.15, -0.1) is 11.3 Å². The molecule has 0 amide bonds. The van der Waals surface area contributed by atoms with Crippen LogP contribution in [0.15, 0.2) is 27.8 Å². The molecule has 0 radical (unpaired) electrons. The molecule has 134 valence electrons. The van der Waals surface area contributed by atoms with E-state index >= 15 is 0 Å². The lowest BCUT2D eigenvalue weighted by atomic mass is 10.1. The number of carbonyl (C=O) groups is 2. The molecular weight excluding hydrogens is 364 g/mol. The molecule has 1 fully saturated rings. The van der Waals surface area contributed by atoms with Crippen LogP contribution in [-0.2, 0) is 14.3 Å². The second-order valence-corrected chi connectivity index (χ2v) is 7.24. The number of aliphatic carboxylic acids is 1. The second-order valence-electron chi connectivity index (χ2n) is 5.51. The molecule has 3 heterocycles. The third-order valence-electron chi connectivity index (χ3n) is 4.13. The van der Waals surface area contributed by atoms with E-state index in [9.17, 15) is 9.59 Å². The lowest BCUT2D eigenvalue weighted by molar-refractivity contribution is -0.138. The van der Waals surface area contributed by atoms with Crippen LogP contribution in [0.3, 0.4) is 0 Å². The molecule has 25 heavy (non-hydrogen) atoms. The van der Waals surface area contributed by atoms with Crippen molar-refractivity contribution in [1.29, 1.82) is 0 Å². The van der Waals surface area contributed by atoms with Crippen molar-refractivity contribution in [3.05, 3.63) is 27.9 Å². The number of aliphatic imine (C=N–C) groups is 1. The SMILES string of the molecule is COC(=O)C1=C2CC(N(CC(=O)O)SC)CN2C(c2nccs2)=NC1. The minimum atomic E-state index is -0.879. The molecule has 8 nitrogen and oxygen atoms in total. The molecule has 1 aromatic heterocycles. The van der Waals surface area contributed by atoms with Crippen LogP contribution >= 0.6 is 23.3 Å². The Morgan fingerprint density at radius 1 is 1.56 bits per heavy atom. The predicted molar refractivity (Wildman–Crippen MR) is 95.5 cm³/mol. The second kappa shape index (κ2) is 7.54. The number of methoxy groups -OCH3 is 1. The summed E-state index contributed by atoms with van der Waals surface area (Å²) in [6, 6.07) is -0.0379. The van der Waals surface area contributed by atoms with Gasteiger partial charge in [-0.2, -0.15) is 0 Å². The highest BCUT2D eigenvalue weighted by Gasteiger charge is 2.40. The van der Waals surface area contributed by atoms with Crippen molar-refractivity contribution in [3.8, 4) is 0 Å². The number of aromatic nitrogens is 1. The number of amidine groups is 1. The number of hydrogen-bond donors (Lipinski definition) is 1. The lowest BCUT2D eigenvalue weighted by Gasteiger charge is -2.27. The molecule has 0 bridgehead atoms. The number of hydrogen-bond acceptors (Lipinski definition) is 9. The van der Waals surface area contributed by atoms with E-state index in [1.807, 2.05) is 20.8 Å². The number of nitrogens with zero attached hydrogens (tertiary/aromatic N) is 4. The maximum absolute atomic E-state index is 12.1. The van der Waals surface area contributed by atoms with Gasteiger partial charge >= 0.3 is 11.9 Å². The van der Waals surface area contributed by atoms with Gasteiger partial charge in [0.15, 0.2) is 10.8 Å². The van der Waals surface area contributed by atoms with Gasteiger partial charge in [0.25, 0.3) is 0 Å². The molecule has 0 aliphatic carbocycles. The molecule has 0 aromatic carbocycles. The first kappa shape index (κ1) is 17.9. The summed E-state index contributed by atoms with van der Waals surface area (Å²) in [5.41, 5.74) is 1.38. The molecular formula is C15H18N4O4S2. The average molecular weight is 382 g/mol. The molecule has 10 heteroatoms. The summed E-state index contributed by atoms with van der Waals surface area (Å²) >= 11 is 2.87. The summed E-state index contributed by atoms with van der Waals surface area (Å²) in [7, 11) is 1.35. The van der Waals surface area contributed by atoms with Crippen LogP contribution in [0.2, 0.25) is 0 Å². The Balaban J connectivity index is 1.93. The van der Waals surface area contributed by atoms with Gasteiger partial charge < -0.3 is 14.7 Å². The fraction of sp³-hybridized carbons (Fsp3) is 0.467. The molecule has 1 atom stereocenters. The number of carbonyl (C=O) groups excluding carboxylic acids is 1. The van der Waals surface area contributed by atoms with Gasteiger partial charge in [-0.25, -0.2) is 14.1 Å². The highest BCUT2D eigenvalue weighted by molar-refractivity contribution is 7.96. The van der Waals surface area contributed by atoms with Gasteiger partial charge in [-0.3, -0.25) is 9.79 Å². The molecule has 0 spiro atoms. The van der Waals surface area contributed by atoms with Crippen molar-refractivity contribution in [2.24, 2.45) is 4.99 Å². The third-order valence-corrected chi connectivity index (χ3v) is 5.79. The van der Waals surface area contributed by atoms with Crippen molar-refractivity contribution in [1.82, 2.24) is 14.2 Å². The van der Waals surface area contributed by atoms with Crippen molar-refractivity contribution in [2.75, 3.05) is 33.0 Å². The number of carboxylic acid groups (broad SMARTS) is 1.